The standard InChI is InChI=1S/C23H17ClF3NOS/c24-20-8-4-3-7-19(20)21-18-6-2-1-5-15(18)13-14-28(21)22(29)16-9-11-17(12-10-16)30-23(25,26)27/h1-12,21H,13-14H2/t21-/m1/s1. The average molecular weight is 448 g/mol. The number of hydrogen-bond donors (Lipinski definition) is 0. The fourth-order valence-electron chi connectivity index (χ4n) is 3.78. The van der Waals surface area contributed by atoms with Gasteiger partial charge in [-0.3, -0.25) is 4.79 Å². The average Bonchev–Trinajstić information content (AvgIpc) is 2.72. The summed E-state index contributed by atoms with van der Waals surface area (Å²) < 4.78 is 37.8. The van der Waals surface area contributed by atoms with Gasteiger partial charge in [0.05, 0.1) is 6.04 Å². The van der Waals surface area contributed by atoms with Crippen molar-refractivity contribution >= 4 is 29.3 Å². The summed E-state index contributed by atoms with van der Waals surface area (Å²) in [6.45, 7) is 0.491. The second-order valence-corrected chi connectivity index (χ2v) is 8.49. The summed E-state index contributed by atoms with van der Waals surface area (Å²) in [7, 11) is 0. The van der Waals surface area contributed by atoms with Gasteiger partial charge in [0.15, 0.2) is 0 Å². The molecule has 1 amide bonds. The number of thioether (sulfide) groups is 1. The summed E-state index contributed by atoms with van der Waals surface area (Å²) in [6, 6.07) is 20.5. The Morgan fingerprint density at radius 3 is 2.23 bits per heavy atom. The van der Waals surface area contributed by atoms with Crippen molar-refractivity contribution in [3.63, 3.8) is 0 Å². The molecule has 0 N–H and O–H groups in total. The van der Waals surface area contributed by atoms with Crippen LogP contribution < -0.4 is 0 Å². The Balaban J connectivity index is 1.70. The first-order valence-corrected chi connectivity index (χ1v) is 10.5. The van der Waals surface area contributed by atoms with Crippen LogP contribution in [-0.2, 0) is 6.42 Å². The summed E-state index contributed by atoms with van der Waals surface area (Å²) in [5, 5.41) is 0.564. The number of rotatable bonds is 3. The zero-order chi connectivity index (χ0) is 21.3. The Labute approximate surface area is 181 Å². The molecule has 3 aromatic rings. The molecule has 1 aliphatic rings. The van der Waals surface area contributed by atoms with E-state index in [-0.39, 0.29) is 28.6 Å². The number of amides is 1. The predicted octanol–water partition coefficient (Wildman–Crippen LogP) is 6.74. The third-order valence-electron chi connectivity index (χ3n) is 5.08. The molecule has 1 atom stereocenters. The summed E-state index contributed by atoms with van der Waals surface area (Å²) in [5.41, 5.74) is -1.03. The molecule has 1 heterocycles. The van der Waals surface area contributed by atoms with Crippen LogP contribution >= 0.6 is 23.4 Å². The molecule has 4 rings (SSSR count). The first-order valence-electron chi connectivity index (χ1n) is 9.32. The second kappa shape index (κ2) is 8.36. The van der Waals surface area contributed by atoms with Gasteiger partial charge in [0, 0.05) is 22.0 Å². The lowest BCUT2D eigenvalue weighted by atomic mass is 9.87. The SMILES string of the molecule is O=C(c1ccc(SC(F)(F)F)cc1)N1CCc2ccccc2[C@@H]1c1ccccc1Cl. The number of carbonyl (C=O) groups is 1. The summed E-state index contributed by atoms with van der Waals surface area (Å²) >= 11 is 6.28. The van der Waals surface area contributed by atoms with Gasteiger partial charge in [0.2, 0.25) is 0 Å². The zero-order valence-corrected chi connectivity index (χ0v) is 17.3. The summed E-state index contributed by atoms with van der Waals surface area (Å²) in [4.78, 5) is 15.1. The van der Waals surface area contributed by atoms with Gasteiger partial charge in [-0.2, -0.15) is 13.2 Å². The molecule has 0 radical (unpaired) electrons. The van der Waals surface area contributed by atoms with E-state index >= 15 is 0 Å². The highest BCUT2D eigenvalue weighted by atomic mass is 35.5. The molecule has 0 unspecified atom stereocenters. The highest BCUT2D eigenvalue weighted by Gasteiger charge is 2.34. The molecule has 0 aliphatic carbocycles. The number of hydrogen-bond acceptors (Lipinski definition) is 2. The largest absolute Gasteiger partial charge is 0.446 e. The third-order valence-corrected chi connectivity index (χ3v) is 6.16. The van der Waals surface area contributed by atoms with Crippen LogP contribution in [0.1, 0.15) is 33.1 Å². The van der Waals surface area contributed by atoms with Crippen molar-refractivity contribution in [3.8, 4) is 0 Å². The number of alkyl halides is 3. The quantitative estimate of drug-likeness (QED) is 0.414. The topological polar surface area (TPSA) is 20.3 Å². The van der Waals surface area contributed by atoms with Crippen LogP contribution in [0.15, 0.2) is 77.7 Å². The van der Waals surface area contributed by atoms with Gasteiger partial charge in [0.1, 0.15) is 0 Å². The van der Waals surface area contributed by atoms with Crippen LogP contribution in [0.4, 0.5) is 13.2 Å². The van der Waals surface area contributed by atoms with Crippen molar-refractivity contribution in [2.75, 3.05) is 6.54 Å². The lowest BCUT2D eigenvalue weighted by Crippen LogP contribution is -2.40. The first kappa shape index (κ1) is 20.8. The number of halogens is 4. The lowest BCUT2D eigenvalue weighted by molar-refractivity contribution is -0.0328. The highest BCUT2D eigenvalue weighted by Crippen LogP contribution is 2.40. The van der Waals surface area contributed by atoms with Gasteiger partial charge in [0.25, 0.3) is 5.91 Å². The van der Waals surface area contributed by atoms with Crippen molar-refractivity contribution < 1.29 is 18.0 Å². The van der Waals surface area contributed by atoms with Gasteiger partial charge in [-0.05, 0) is 65.2 Å². The van der Waals surface area contributed by atoms with E-state index in [2.05, 4.69) is 0 Å². The van der Waals surface area contributed by atoms with E-state index in [0.29, 0.717) is 23.6 Å². The van der Waals surface area contributed by atoms with Gasteiger partial charge in [-0.25, -0.2) is 0 Å². The normalized spacial score (nSPS) is 16.3. The molecule has 1 aliphatic heterocycles. The smallest absolute Gasteiger partial charge is 0.327 e. The molecular formula is C23H17ClF3NOS. The van der Waals surface area contributed by atoms with E-state index in [1.165, 1.54) is 24.3 Å². The number of benzene rings is 3. The minimum absolute atomic E-state index is 0.0469. The first-order chi connectivity index (χ1) is 14.3. The van der Waals surface area contributed by atoms with E-state index in [9.17, 15) is 18.0 Å². The van der Waals surface area contributed by atoms with Crippen molar-refractivity contribution in [3.05, 3.63) is 100 Å². The fourth-order valence-corrected chi connectivity index (χ4v) is 4.56. The van der Waals surface area contributed by atoms with Crippen molar-refractivity contribution in [1.29, 1.82) is 0 Å². The minimum Gasteiger partial charge on any atom is -0.327 e. The Kier molecular flexibility index (Phi) is 5.80. The molecular weight excluding hydrogens is 431 g/mol. The number of fused-ring (bicyclic) bond motifs is 1. The van der Waals surface area contributed by atoms with Gasteiger partial charge < -0.3 is 4.90 Å². The number of nitrogens with zero attached hydrogens (tertiary/aromatic N) is 1. The van der Waals surface area contributed by atoms with E-state index in [0.717, 1.165) is 16.7 Å². The molecule has 3 aromatic carbocycles. The molecule has 0 spiro atoms. The van der Waals surface area contributed by atoms with Gasteiger partial charge in [-0.1, -0.05) is 54.1 Å². The maximum Gasteiger partial charge on any atom is 0.446 e. The van der Waals surface area contributed by atoms with E-state index in [1.54, 1.807) is 11.0 Å². The predicted molar refractivity (Wildman–Crippen MR) is 113 cm³/mol. The van der Waals surface area contributed by atoms with Crippen molar-refractivity contribution in [2.45, 2.75) is 22.9 Å². The Hall–Kier alpha value is -2.44. The van der Waals surface area contributed by atoms with Crippen LogP contribution in [-0.4, -0.2) is 22.9 Å². The molecule has 7 heteroatoms. The van der Waals surface area contributed by atoms with Crippen molar-refractivity contribution in [1.82, 2.24) is 4.90 Å². The fraction of sp³-hybridized carbons (Fsp3) is 0.174. The Morgan fingerprint density at radius 2 is 1.57 bits per heavy atom. The molecule has 30 heavy (non-hydrogen) atoms. The maximum atomic E-state index is 13.4. The van der Waals surface area contributed by atoms with Crippen LogP contribution in [0.5, 0.6) is 0 Å². The van der Waals surface area contributed by atoms with E-state index in [1.807, 2.05) is 42.5 Å². The zero-order valence-electron chi connectivity index (χ0n) is 15.7. The van der Waals surface area contributed by atoms with Crippen LogP contribution in [0.2, 0.25) is 5.02 Å². The molecule has 0 saturated carbocycles. The van der Waals surface area contributed by atoms with E-state index in [4.69, 9.17) is 11.6 Å². The van der Waals surface area contributed by atoms with Crippen molar-refractivity contribution in [2.24, 2.45) is 0 Å². The highest BCUT2D eigenvalue weighted by molar-refractivity contribution is 8.00. The van der Waals surface area contributed by atoms with Crippen LogP contribution in [0, 0.1) is 0 Å². The lowest BCUT2D eigenvalue weighted by Gasteiger charge is -2.38. The third kappa shape index (κ3) is 4.35. The molecule has 2 nitrogen and oxygen atoms in total. The Bertz CT molecular complexity index is 1070. The monoisotopic (exact) mass is 447 g/mol. The summed E-state index contributed by atoms with van der Waals surface area (Å²) in [6.07, 6.45) is 0.699. The second-order valence-electron chi connectivity index (χ2n) is 6.94. The van der Waals surface area contributed by atoms with Crippen LogP contribution in [0.25, 0.3) is 0 Å². The minimum atomic E-state index is -4.36. The molecule has 0 fully saturated rings. The summed E-state index contributed by atoms with van der Waals surface area (Å²) in [5.74, 6) is -0.238. The van der Waals surface area contributed by atoms with Gasteiger partial charge >= 0.3 is 5.51 Å². The van der Waals surface area contributed by atoms with Gasteiger partial charge in [-0.15, -0.1) is 0 Å². The molecule has 0 aromatic heterocycles. The molecule has 0 saturated heterocycles. The van der Waals surface area contributed by atoms with Crippen LogP contribution in [0.3, 0.4) is 0 Å². The molecule has 154 valence electrons. The molecule has 0 bridgehead atoms. The number of carbonyl (C=O) groups excluding carboxylic acids is 1. The Morgan fingerprint density at radius 1 is 0.933 bits per heavy atom. The van der Waals surface area contributed by atoms with E-state index < -0.39 is 5.51 Å². The maximum absolute atomic E-state index is 13.4.